The average molecular weight is 389 g/mol. The Hall–Kier alpha value is -2.28. The zero-order chi connectivity index (χ0) is 19.8. The molecule has 0 spiro atoms. The van der Waals surface area contributed by atoms with Gasteiger partial charge in [0.25, 0.3) is 5.91 Å². The molecule has 1 aromatic rings. The minimum Gasteiger partial charge on any atom is -0.490 e. The number of ether oxygens (including phenoxy) is 2. The number of nitrogens with zero attached hydrogens (tertiary/aromatic N) is 3. The second-order valence-corrected chi connectivity index (χ2v) is 7.33. The molecule has 0 atom stereocenters. The first-order valence-electron chi connectivity index (χ1n) is 10.3. The number of piperazine rings is 1. The molecule has 0 unspecified atom stereocenters. The standard InChI is InChI=1S/C21H31N3O4/c1-2-15-27-18-7-3-4-8-19(18)28-17-21(26)24-13-11-22(12-14-24)16-20(25)23-9-5-6-10-23/h3-4,7-8H,2,5-6,9-17H2,1H3. The molecule has 2 fully saturated rings. The van der Waals surface area contributed by atoms with E-state index < -0.39 is 0 Å². The molecular weight excluding hydrogens is 358 g/mol. The summed E-state index contributed by atoms with van der Waals surface area (Å²) in [4.78, 5) is 30.7. The maximum Gasteiger partial charge on any atom is 0.260 e. The maximum atomic E-state index is 12.5. The molecule has 2 aliphatic heterocycles. The van der Waals surface area contributed by atoms with E-state index in [4.69, 9.17) is 9.47 Å². The van der Waals surface area contributed by atoms with E-state index in [0.29, 0.717) is 37.7 Å². The van der Waals surface area contributed by atoms with Crippen LogP contribution in [-0.2, 0) is 9.59 Å². The molecule has 154 valence electrons. The largest absolute Gasteiger partial charge is 0.490 e. The monoisotopic (exact) mass is 389 g/mol. The zero-order valence-electron chi connectivity index (χ0n) is 16.8. The number of likely N-dealkylation sites (tertiary alicyclic amines) is 1. The van der Waals surface area contributed by atoms with Gasteiger partial charge in [-0.2, -0.15) is 0 Å². The van der Waals surface area contributed by atoms with Crippen LogP contribution in [0.5, 0.6) is 11.5 Å². The third kappa shape index (κ3) is 5.61. The molecule has 2 saturated heterocycles. The van der Waals surface area contributed by atoms with Crippen LogP contribution in [0.3, 0.4) is 0 Å². The molecule has 2 aliphatic rings. The van der Waals surface area contributed by atoms with Gasteiger partial charge in [0.1, 0.15) is 0 Å². The predicted molar refractivity (Wildman–Crippen MR) is 107 cm³/mol. The fourth-order valence-corrected chi connectivity index (χ4v) is 3.54. The van der Waals surface area contributed by atoms with Crippen molar-refractivity contribution in [3.8, 4) is 11.5 Å². The Balaban J connectivity index is 1.41. The smallest absolute Gasteiger partial charge is 0.260 e. The molecule has 2 heterocycles. The molecule has 1 aromatic carbocycles. The Labute approximate surface area is 167 Å². The molecule has 3 rings (SSSR count). The summed E-state index contributed by atoms with van der Waals surface area (Å²) >= 11 is 0. The van der Waals surface area contributed by atoms with Crippen molar-refractivity contribution in [1.82, 2.24) is 14.7 Å². The van der Waals surface area contributed by atoms with Crippen LogP contribution in [0.1, 0.15) is 26.2 Å². The Morgan fingerprint density at radius 3 is 2.11 bits per heavy atom. The second kappa shape index (κ2) is 10.3. The van der Waals surface area contributed by atoms with Crippen molar-refractivity contribution in [2.75, 3.05) is 59.0 Å². The van der Waals surface area contributed by atoms with Crippen molar-refractivity contribution in [3.63, 3.8) is 0 Å². The number of benzene rings is 1. The van der Waals surface area contributed by atoms with Gasteiger partial charge in [0, 0.05) is 39.3 Å². The van der Waals surface area contributed by atoms with Gasteiger partial charge in [-0.15, -0.1) is 0 Å². The summed E-state index contributed by atoms with van der Waals surface area (Å²) in [5.74, 6) is 1.45. The number of para-hydroxylation sites is 2. The Morgan fingerprint density at radius 2 is 1.46 bits per heavy atom. The molecule has 28 heavy (non-hydrogen) atoms. The topological polar surface area (TPSA) is 62.3 Å². The van der Waals surface area contributed by atoms with Crippen LogP contribution in [0.2, 0.25) is 0 Å². The van der Waals surface area contributed by atoms with Crippen LogP contribution in [0.15, 0.2) is 24.3 Å². The summed E-state index contributed by atoms with van der Waals surface area (Å²) in [6.45, 7) is 7.60. The van der Waals surface area contributed by atoms with Gasteiger partial charge in [0.2, 0.25) is 5.91 Å². The summed E-state index contributed by atoms with van der Waals surface area (Å²) in [6, 6.07) is 7.43. The van der Waals surface area contributed by atoms with Gasteiger partial charge in [-0.3, -0.25) is 14.5 Å². The lowest BCUT2D eigenvalue weighted by Gasteiger charge is -2.35. The Bertz CT molecular complexity index is 653. The minimum absolute atomic E-state index is 0.000787. The first kappa shape index (κ1) is 20.5. The van der Waals surface area contributed by atoms with Crippen LogP contribution in [0.4, 0.5) is 0 Å². The van der Waals surface area contributed by atoms with E-state index in [9.17, 15) is 9.59 Å². The predicted octanol–water partition coefficient (Wildman–Crippen LogP) is 1.62. The Kier molecular flexibility index (Phi) is 7.54. The van der Waals surface area contributed by atoms with Gasteiger partial charge >= 0.3 is 0 Å². The van der Waals surface area contributed by atoms with Crippen molar-refractivity contribution in [2.45, 2.75) is 26.2 Å². The number of carbonyl (C=O) groups excluding carboxylic acids is 2. The van der Waals surface area contributed by atoms with Gasteiger partial charge < -0.3 is 19.3 Å². The lowest BCUT2D eigenvalue weighted by molar-refractivity contribution is -0.136. The minimum atomic E-state index is -0.0317. The summed E-state index contributed by atoms with van der Waals surface area (Å²) < 4.78 is 11.4. The lowest BCUT2D eigenvalue weighted by Crippen LogP contribution is -2.52. The third-order valence-corrected chi connectivity index (χ3v) is 5.20. The van der Waals surface area contributed by atoms with Crippen LogP contribution in [0.25, 0.3) is 0 Å². The molecule has 0 radical (unpaired) electrons. The van der Waals surface area contributed by atoms with E-state index in [1.807, 2.05) is 41.0 Å². The molecule has 0 aliphatic carbocycles. The van der Waals surface area contributed by atoms with E-state index in [-0.39, 0.29) is 18.4 Å². The highest BCUT2D eigenvalue weighted by Crippen LogP contribution is 2.26. The van der Waals surface area contributed by atoms with Crippen molar-refractivity contribution in [2.24, 2.45) is 0 Å². The van der Waals surface area contributed by atoms with E-state index in [2.05, 4.69) is 4.90 Å². The van der Waals surface area contributed by atoms with Gasteiger partial charge in [0.15, 0.2) is 18.1 Å². The van der Waals surface area contributed by atoms with Gasteiger partial charge in [-0.1, -0.05) is 19.1 Å². The third-order valence-electron chi connectivity index (χ3n) is 5.20. The highest BCUT2D eigenvalue weighted by molar-refractivity contribution is 5.79. The quantitative estimate of drug-likeness (QED) is 0.676. The fourth-order valence-electron chi connectivity index (χ4n) is 3.54. The molecule has 7 heteroatoms. The number of hydrogen-bond donors (Lipinski definition) is 0. The Morgan fingerprint density at radius 1 is 0.857 bits per heavy atom. The van der Waals surface area contributed by atoms with Crippen molar-refractivity contribution in [3.05, 3.63) is 24.3 Å². The first-order chi connectivity index (χ1) is 13.7. The molecule has 7 nitrogen and oxygen atoms in total. The van der Waals surface area contributed by atoms with E-state index in [1.165, 1.54) is 0 Å². The van der Waals surface area contributed by atoms with Crippen LogP contribution in [0, 0.1) is 0 Å². The van der Waals surface area contributed by atoms with Crippen molar-refractivity contribution in [1.29, 1.82) is 0 Å². The number of hydrogen-bond acceptors (Lipinski definition) is 5. The normalized spacial score (nSPS) is 17.6. The molecule has 0 saturated carbocycles. The van der Waals surface area contributed by atoms with Crippen LogP contribution in [-0.4, -0.2) is 85.5 Å². The summed E-state index contributed by atoms with van der Waals surface area (Å²) in [6.07, 6.45) is 3.14. The molecule has 0 aromatic heterocycles. The summed E-state index contributed by atoms with van der Waals surface area (Å²) in [5.41, 5.74) is 0. The number of amides is 2. The molecule has 2 amide bonds. The maximum absolute atomic E-state index is 12.5. The van der Waals surface area contributed by atoms with E-state index >= 15 is 0 Å². The van der Waals surface area contributed by atoms with Crippen molar-refractivity contribution >= 4 is 11.8 Å². The number of carbonyl (C=O) groups is 2. The average Bonchev–Trinajstić information content (AvgIpc) is 3.26. The zero-order valence-corrected chi connectivity index (χ0v) is 16.8. The SMILES string of the molecule is CCCOc1ccccc1OCC(=O)N1CCN(CC(=O)N2CCCC2)CC1. The summed E-state index contributed by atoms with van der Waals surface area (Å²) in [7, 11) is 0. The molecular formula is C21H31N3O4. The van der Waals surface area contributed by atoms with Gasteiger partial charge in [-0.25, -0.2) is 0 Å². The van der Waals surface area contributed by atoms with Gasteiger partial charge in [0.05, 0.1) is 13.2 Å². The first-order valence-corrected chi connectivity index (χ1v) is 10.3. The molecule has 0 bridgehead atoms. The van der Waals surface area contributed by atoms with Gasteiger partial charge in [-0.05, 0) is 31.4 Å². The van der Waals surface area contributed by atoms with Crippen molar-refractivity contribution < 1.29 is 19.1 Å². The summed E-state index contributed by atoms with van der Waals surface area (Å²) in [5, 5.41) is 0. The van der Waals surface area contributed by atoms with E-state index in [1.54, 1.807) is 0 Å². The lowest BCUT2D eigenvalue weighted by atomic mass is 10.3. The fraction of sp³-hybridized carbons (Fsp3) is 0.619. The molecule has 0 N–H and O–H groups in total. The van der Waals surface area contributed by atoms with E-state index in [0.717, 1.165) is 45.4 Å². The second-order valence-electron chi connectivity index (χ2n) is 7.33. The van der Waals surface area contributed by atoms with Crippen LogP contribution >= 0.6 is 0 Å². The highest BCUT2D eigenvalue weighted by atomic mass is 16.5. The van der Waals surface area contributed by atoms with Crippen LogP contribution < -0.4 is 9.47 Å². The highest BCUT2D eigenvalue weighted by Gasteiger charge is 2.25. The number of rotatable bonds is 8.